The van der Waals surface area contributed by atoms with Gasteiger partial charge in [0.25, 0.3) is 0 Å². The van der Waals surface area contributed by atoms with Crippen LogP contribution in [0.3, 0.4) is 0 Å². The number of piperidine rings is 1. The average Bonchev–Trinajstić information content (AvgIpc) is 3.56. The third-order valence-corrected chi connectivity index (χ3v) is 7.36. The van der Waals surface area contributed by atoms with Gasteiger partial charge in [-0.25, -0.2) is 9.97 Å². The lowest BCUT2D eigenvalue weighted by molar-refractivity contribution is -0.141. The Morgan fingerprint density at radius 3 is 2.40 bits per heavy atom. The molecule has 2 aliphatic rings. The fourth-order valence-corrected chi connectivity index (χ4v) is 5.41. The Balaban J connectivity index is 1.12. The first-order valence-electron chi connectivity index (χ1n) is 13.0. The van der Waals surface area contributed by atoms with Crippen LogP contribution in [0.2, 0.25) is 0 Å². The number of ketones is 1. The Labute approximate surface area is 228 Å². The molecule has 40 heavy (non-hydrogen) atoms. The maximum absolute atomic E-state index is 13.6. The van der Waals surface area contributed by atoms with Gasteiger partial charge in [0.05, 0.1) is 6.42 Å². The van der Waals surface area contributed by atoms with Crippen LogP contribution < -0.4 is 9.80 Å². The summed E-state index contributed by atoms with van der Waals surface area (Å²) in [4.78, 5) is 37.6. The van der Waals surface area contributed by atoms with E-state index in [1.54, 1.807) is 42.5 Å². The van der Waals surface area contributed by atoms with Gasteiger partial charge in [-0.2, -0.15) is 13.2 Å². The molecule has 4 heterocycles. The molecule has 0 atom stereocenters. The van der Waals surface area contributed by atoms with E-state index in [0.29, 0.717) is 36.5 Å². The van der Waals surface area contributed by atoms with Gasteiger partial charge in [0.1, 0.15) is 5.82 Å². The zero-order valence-corrected chi connectivity index (χ0v) is 21.4. The fourth-order valence-electron chi connectivity index (χ4n) is 5.41. The van der Waals surface area contributed by atoms with Gasteiger partial charge in [-0.1, -0.05) is 42.5 Å². The zero-order valence-electron chi connectivity index (χ0n) is 21.4. The van der Waals surface area contributed by atoms with Crippen molar-refractivity contribution in [2.24, 2.45) is 0 Å². The predicted molar refractivity (Wildman–Crippen MR) is 142 cm³/mol. The molecule has 0 aliphatic carbocycles. The summed E-state index contributed by atoms with van der Waals surface area (Å²) in [5, 5.41) is 0. The summed E-state index contributed by atoms with van der Waals surface area (Å²) < 4.78 is 46.3. The van der Waals surface area contributed by atoms with Gasteiger partial charge in [-0.05, 0) is 48.2 Å². The highest BCUT2D eigenvalue weighted by Crippen LogP contribution is 2.36. The quantitative estimate of drug-likeness (QED) is 0.287. The van der Waals surface area contributed by atoms with E-state index in [1.165, 1.54) is 6.20 Å². The minimum atomic E-state index is -4.84. The number of anilines is 2. The second-order valence-corrected chi connectivity index (χ2v) is 9.97. The smallest absolute Gasteiger partial charge is 0.432 e. The third-order valence-electron chi connectivity index (χ3n) is 7.36. The number of benzene rings is 2. The summed E-state index contributed by atoms with van der Waals surface area (Å²) in [5.74, 6) is -1.05. The molecule has 4 aromatic rings. The van der Waals surface area contributed by atoms with Crippen molar-refractivity contribution >= 4 is 23.2 Å². The molecule has 10 heteroatoms. The van der Waals surface area contributed by atoms with Crippen LogP contribution in [0.15, 0.2) is 77.3 Å². The van der Waals surface area contributed by atoms with Gasteiger partial charge in [0, 0.05) is 43.0 Å². The number of pyridine rings is 1. The lowest BCUT2D eigenvalue weighted by Crippen LogP contribution is -2.46. The second-order valence-electron chi connectivity index (χ2n) is 9.97. The molecular formula is C30H25F3N4O3. The summed E-state index contributed by atoms with van der Waals surface area (Å²) in [7, 11) is 0. The number of carbonyl (C=O) groups excluding carboxylic acids is 2. The number of aromatic nitrogens is 2. The molecule has 0 saturated carbocycles. The van der Waals surface area contributed by atoms with Gasteiger partial charge in [0.2, 0.25) is 23.3 Å². The zero-order chi connectivity index (χ0) is 27.9. The number of fused-ring (bicyclic) bond motifs is 1. The molecule has 0 bridgehead atoms. The number of oxazole rings is 1. The van der Waals surface area contributed by atoms with Crippen molar-refractivity contribution in [3.05, 3.63) is 95.5 Å². The van der Waals surface area contributed by atoms with Gasteiger partial charge in [-0.15, -0.1) is 0 Å². The van der Waals surface area contributed by atoms with E-state index in [0.717, 1.165) is 24.1 Å². The lowest BCUT2D eigenvalue weighted by atomic mass is 10.0. The summed E-state index contributed by atoms with van der Waals surface area (Å²) in [6.07, 6.45) is -1.63. The van der Waals surface area contributed by atoms with Crippen LogP contribution in [0.1, 0.15) is 40.2 Å². The maximum atomic E-state index is 13.6. The first kappa shape index (κ1) is 25.8. The Morgan fingerprint density at radius 2 is 1.70 bits per heavy atom. The third kappa shape index (κ3) is 4.97. The monoisotopic (exact) mass is 546 g/mol. The molecule has 0 unspecified atom stereocenters. The molecule has 1 fully saturated rings. The molecule has 7 nitrogen and oxygen atoms in total. The molecule has 0 radical (unpaired) electrons. The van der Waals surface area contributed by atoms with E-state index in [-0.39, 0.29) is 24.3 Å². The van der Waals surface area contributed by atoms with Crippen molar-refractivity contribution in [3.8, 4) is 11.5 Å². The SMILES string of the molecule is O=C(Cc1ccc(N2CCC(N3C(=O)Cc4ccccc43)CC2)nc1)c1oc(-c2ccccc2)nc1C(F)(F)F. The molecule has 204 valence electrons. The second kappa shape index (κ2) is 10.3. The molecule has 2 aromatic carbocycles. The van der Waals surface area contributed by atoms with Crippen molar-refractivity contribution in [1.82, 2.24) is 9.97 Å². The Hall–Kier alpha value is -4.47. The minimum Gasteiger partial charge on any atom is -0.432 e. The molecule has 0 spiro atoms. The molecule has 0 N–H and O–H groups in total. The van der Waals surface area contributed by atoms with Crippen LogP contribution in [0, 0.1) is 0 Å². The molecule has 2 aliphatic heterocycles. The number of para-hydroxylation sites is 1. The number of amides is 1. The van der Waals surface area contributed by atoms with E-state index in [9.17, 15) is 22.8 Å². The summed E-state index contributed by atoms with van der Waals surface area (Å²) >= 11 is 0. The number of hydrogen-bond acceptors (Lipinski definition) is 6. The van der Waals surface area contributed by atoms with Gasteiger partial charge < -0.3 is 14.2 Å². The van der Waals surface area contributed by atoms with Crippen molar-refractivity contribution < 1.29 is 27.2 Å². The van der Waals surface area contributed by atoms with Crippen LogP contribution in [-0.2, 0) is 23.8 Å². The highest BCUT2D eigenvalue weighted by molar-refractivity contribution is 6.02. The summed E-state index contributed by atoms with van der Waals surface area (Å²) in [6, 6.07) is 19.6. The normalized spacial score (nSPS) is 15.9. The Bertz CT molecular complexity index is 1540. The van der Waals surface area contributed by atoms with Crippen LogP contribution >= 0.6 is 0 Å². The van der Waals surface area contributed by atoms with E-state index in [1.807, 2.05) is 29.2 Å². The molecule has 6 rings (SSSR count). The standard InChI is InChI=1S/C30H25F3N4O3/c31-30(32,33)28-27(40-29(35-28)20-6-2-1-3-7-20)24(38)16-19-10-11-25(34-18-19)36-14-12-22(13-15-36)37-23-9-5-4-8-21(23)17-26(37)39/h1-11,18,22H,12-17H2. The highest BCUT2D eigenvalue weighted by atomic mass is 19.4. The number of carbonyl (C=O) groups is 2. The number of alkyl halides is 3. The topological polar surface area (TPSA) is 79.5 Å². The van der Waals surface area contributed by atoms with E-state index >= 15 is 0 Å². The van der Waals surface area contributed by atoms with Crippen molar-refractivity contribution in [2.75, 3.05) is 22.9 Å². The van der Waals surface area contributed by atoms with Crippen LogP contribution in [0.4, 0.5) is 24.7 Å². The molecule has 1 saturated heterocycles. The van der Waals surface area contributed by atoms with E-state index in [2.05, 4.69) is 14.9 Å². The highest BCUT2D eigenvalue weighted by Gasteiger charge is 2.41. The van der Waals surface area contributed by atoms with Crippen molar-refractivity contribution in [3.63, 3.8) is 0 Å². The summed E-state index contributed by atoms with van der Waals surface area (Å²) in [6.45, 7) is 1.41. The van der Waals surface area contributed by atoms with Crippen molar-refractivity contribution in [1.29, 1.82) is 0 Å². The molecule has 2 aromatic heterocycles. The molecule has 1 amide bonds. The Kier molecular flexibility index (Phi) is 6.61. The number of rotatable bonds is 6. The van der Waals surface area contributed by atoms with Crippen LogP contribution in [0.25, 0.3) is 11.5 Å². The lowest BCUT2D eigenvalue weighted by Gasteiger charge is -2.37. The van der Waals surface area contributed by atoms with E-state index < -0.39 is 23.4 Å². The number of nitrogens with zero attached hydrogens (tertiary/aromatic N) is 4. The summed E-state index contributed by atoms with van der Waals surface area (Å²) in [5.41, 5.74) is 1.54. The number of Topliss-reactive ketones (excluding diaryl/α,β-unsaturated/α-hetero) is 1. The van der Waals surface area contributed by atoms with Crippen LogP contribution in [0.5, 0.6) is 0 Å². The first-order chi connectivity index (χ1) is 19.3. The van der Waals surface area contributed by atoms with Gasteiger partial charge in [0.15, 0.2) is 5.69 Å². The minimum absolute atomic E-state index is 0.120. The fraction of sp³-hybridized carbons (Fsp3) is 0.267. The predicted octanol–water partition coefficient (Wildman–Crippen LogP) is 5.74. The number of halogens is 3. The van der Waals surface area contributed by atoms with E-state index in [4.69, 9.17) is 4.42 Å². The van der Waals surface area contributed by atoms with Crippen LogP contribution in [-0.4, -0.2) is 40.8 Å². The van der Waals surface area contributed by atoms with Gasteiger partial charge >= 0.3 is 6.18 Å². The number of hydrogen-bond donors (Lipinski definition) is 0. The largest absolute Gasteiger partial charge is 0.437 e. The first-order valence-corrected chi connectivity index (χ1v) is 13.0. The Morgan fingerprint density at radius 1 is 0.975 bits per heavy atom. The van der Waals surface area contributed by atoms with Gasteiger partial charge in [-0.3, -0.25) is 9.59 Å². The maximum Gasteiger partial charge on any atom is 0.437 e. The average molecular weight is 547 g/mol. The molecular weight excluding hydrogens is 521 g/mol. The van der Waals surface area contributed by atoms with Crippen molar-refractivity contribution in [2.45, 2.75) is 37.9 Å².